The van der Waals surface area contributed by atoms with E-state index in [-0.39, 0.29) is 5.56 Å². The van der Waals surface area contributed by atoms with Crippen LogP contribution in [0.3, 0.4) is 0 Å². The predicted molar refractivity (Wildman–Crippen MR) is 83.2 cm³/mol. The second-order valence-corrected chi connectivity index (χ2v) is 5.02. The monoisotopic (exact) mass is 294 g/mol. The number of rotatable bonds is 5. The molecule has 0 atom stereocenters. The highest BCUT2D eigenvalue weighted by atomic mass is 16.5. The number of methoxy groups -OCH3 is 1. The van der Waals surface area contributed by atoms with Crippen LogP contribution in [-0.4, -0.2) is 17.1 Å². The molecule has 0 fully saturated rings. The van der Waals surface area contributed by atoms with Crippen molar-refractivity contribution in [2.24, 2.45) is 0 Å². The van der Waals surface area contributed by atoms with E-state index in [1.807, 2.05) is 36.4 Å². The molecule has 0 spiro atoms. The number of H-pyrrole nitrogens is 1. The fourth-order valence-electron chi connectivity index (χ4n) is 2.32. The fourth-order valence-corrected chi connectivity index (χ4v) is 2.32. The molecule has 1 N–H and O–H groups in total. The molecule has 0 saturated carbocycles. The smallest absolute Gasteiger partial charge is 0.251 e. The topological polar surface area (TPSA) is 69.1 Å². The molecule has 0 aliphatic carbocycles. The summed E-state index contributed by atoms with van der Waals surface area (Å²) in [5.41, 5.74) is 2.53. The average molecular weight is 294 g/mol. The van der Waals surface area contributed by atoms with Crippen LogP contribution in [0, 0.1) is 0 Å². The maximum atomic E-state index is 12.1. The fraction of sp³-hybridized carbons (Fsp3) is 0.176. The van der Waals surface area contributed by atoms with E-state index < -0.39 is 0 Å². The van der Waals surface area contributed by atoms with E-state index in [1.165, 1.54) is 0 Å². The minimum atomic E-state index is -0.0924. The van der Waals surface area contributed by atoms with Crippen LogP contribution < -0.4 is 15.3 Å². The molecule has 112 valence electrons. The van der Waals surface area contributed by atoms with Crippen molar-refractivity contribution in [1.82, 2.24) is 15.0 Å². The number of hydrogen-bond donors (Lipinski definition) is 1. The highest BCUT2D eigenvalue weighted by Crippen LogP contribution is 2.15. The number of aromatic nitrogens is 3. The number of imidazole rings is 1. The summed E-state index contributed by atoms with van der Waals surface area (Å²) in [6.45, 7) is 0. The molecule has 0 aliphatic rings. The van der Waals surface area contributed by atoms with Crippen molar-refractivity contribution in [3.63, 3.8) is 0 Å². The highest BCUT2D eigenvalue weighted by molar-refractivity contribution is 5.31. The Morgan fingerprint density at radius 3 is 2.86 bits per heavy atom. The first-order chi connectivity index (χ1) is 10.7. The predicted octanol–water partition coefficient (Wildman–Crippen LogP) is 1.92. The summed E-state index contributed by atoms with van der Waals surface area (Å²) in [4.78, 5) is 23.2. The third kappa shape index (κ3) is 3.25. The Bertz CT molecular complexity index is 807. The van der Waals surface area contributed by atoms with Gasteiger partial charge in [0, 0.05) is 17.7 Å². The summed E-state index contributed by atoms with van der Waals surface area (Å²) in [6.07, 6.45) is 4.35. The van der Waals surface area contributed by atoms with Crippen LogP contribution in [0.15, 0.2) is 53.6 Å². The van der Waals surface area contributed by atoms with Gasteiger partial charge in [-0.1, -0.05) is 36.4 Å². The summed E-state index contributed by atoms with van der Waals surface area (Å²) in [7, 11) is 1.64. The van der Waals surface area contributed by atoms with Gasteiger partial charge in [-0.3, -0.25) is 4.79 Å². The van der Waals surface area contributed by atoms with Gasteiger partial charge in [-0.2, -0.15) is 0 Å². The molecule has 0 amide bonds. The summed E-state index contributed by atoms with van der Waals surface area (Å²) in [5.74, 6) is 1.47. The van der Waals surface area contributed by atoms with Crippen LogP contribution in [0.1, 0.15) is 22.6 Å². The molecular formula is C17H16N3O2-. The van der Waals surface area contributed by atoms with Gasteiger partial charge < -0.3 is 19.7 Å². The SMILES string of the molecule is COc1cccc(Cc2ccc(Cc3ncc[n-]3)c(=O)[nH]2)c1. The van der Waals surface area contributed by atoms with Gasteiger partial charge in [-0.05, 0) is 30.2 Å². The molecule has 0 unspecified atom stereocenters. The van der Waals surface area contributed by atoms with Crippen molar-refractivity contribution in [3.05, 3.63) is 81.8 Å². The van der Waals surface area contributed by atoms with E-state index in [0.717, 1.165) is 17.0 Å². The lowest BCUT2D eigenvalue weighted by molar-refractivity contribution is 0.414. The second-order valence-electron chi connectivity index (χ2n) is 5.02. The van der Waals surface area contributed by atoms with Crippen LogP contribution >= 0.6 is 0 Å². The Morgan fingerprint density at radius 2 is 2.14 bits per heavy atom. The van der Waals surface area contributed by atoms with Crippen molar-refractivity contribution in [2.75, 3.05) is 7.11 Å². The van der Waals surface area contributed by atoms with Gasteiger partial charge >= 0.3 is 0 Å². The molecule has 2 aromatic heterocycles. The van der Waals surface area contributed by atoms with E-state index in [0.29, 0.717) is 24.2 Å². The van der Waals surface area contributed by atoms with Gasteiger partial charge in [-0.15, -0.1) is 0 Å². The van der Waals surface area contributed by atoms with Gasteiger partial charge in [0.25, 0.3) is 5.56 Å². The molecule has 0 radical (unpaired) electrons. The maximum Gasteiger partial charge on any atom is 0.251 e. The van der Waals surface area contributed by atoms with Crippen molar-refractivity contribution >= 4 is 0 Å². The first-order valence-corrected chi connectivity index (χ1v) is 7.01. The lowest BCUT2D eigenvalue weighted by atomic mass is 10.1. The minimum absolute atomic E-state index is 0.0924. The van der Waals surface area contributed by atoms with Crippen LogP contribution in [0.25, 0.3) is 0 Å². The van der Waals surface area contributed by atoms with Gasteiger partial charge in [0.1, 0.15) is 5.75 Å². The molecule has 0 aliphatic heterocycles. The molecular weight excluding hydrogens is 278 g/mol. The van der Waals surface area contributed by atoms with Crippen LogP contribution in [0.5, 0.6) is 5.75 Å². The zero-order valence-corrected chi connectivity index (χ0v) is 12.2. The van der Waals surface area contributed by atoms with Crippen molar-refractivity contribution in [1.29, 1.82) is 0 Å². The molecule has 22 heavy (non-hydrogen) atoms. The normalized spacial score (nSPS) is 10.6. The maximum absolute atomic E-state index is 12.1. The largest absolute Gasteiger partial charge is 0.497 e. The highest BCUT2D eigenvalue weighted by Gasteiger charge is 2.03. The second kappa shape index (κ2) is 6.30. The Kier molecular flexibility index (Phi) is 4.05. The molecule has 0 bridgehead atoms. The van der Waals surface area contributed by atoms with Crippen molar-refractivity contribution in [3.8, 4) is 5.75 Å². The lowest BCUT2D eigenvalue weighted by Gasteiger charge is -2.07. The minimum Gasteiger partial charge on any atom is -0.497 e. The van der Waals surface area contributed by atoms with E-state index in [9.17, 15) is 4.79 Å². The Morgan fingerprint density at radius 1 is 1.23 bits per heavy atom. The first kappa shape index (κ1) is 14.1. The quantitative estimate of drug-likeness (QED) is 0.780. The summed E-state index contributed by atoms with van der Waals surface area (Å²) >= 11 is 0. The Hall–Kier alpha value is -2.82. The summed E-state index contributed by atoms with van der Waals surface area (Å²) in [5, 5.41) is 0. The first-order valence-electron chi connectivity index (χ1n) is 7.01. The number of nitrogens with one attached hydrogen (secondary N) is 1. The van der Waals surface area contributed by atoms with Gasteiger partial charge in [-0.25, -0.2) is 0 Å². The van der Waals surface area contributed by atoms with E-state index in [4.69, 9.17) is 4.74 Å². The van der Waals surface area contributed by atoms with E-state index >= 15 is 0 Å². The number of benzene rings is 1. The number of ether oxygens (including phenoxy) is 1. The number of pyridine rings is 1. The van der Waals surface area contributed by atoms with Gasteiger partial charge in [0.05, 0.1) is 7.11 Å². The van der Waals surface area contributed by atoms with E-state index in [1.54, 1.807) is 19.5 Å². The number of nitrogens with zero attached hydrogens (tertiary/aromatic N) is 2. The van der Waals surface area contributed by atoms with Crippen molar-refractivity contribution in [2.45, 2.75) is 12.8 Å². The van der Waals surface area contributed by atoms with Crippen LogP contribution in [0.4, 0.5) is 0 Å². The zero-order valence-electron chi connectivity index (χ0n) is 12.2. The third-order valence-corrected chi connectivity index (χ3v) is 3.44. The molecule has 5 heteroatoms. The average Bonchev–Trinajstić information content (AvgIpc) is 3.03. The molecule has 0 saturated heterocycles. The molecule has 5 nitrogen and oxygen atoms in total. The molecule has 3 aromatic rings. The van der Waals surface area contributed by atoms with Gasteiger partial charge in [0.2, 0.25) is 0 Å². The third-order valence-electron chi connectivity index (χ3n) is 3.44. The molecule has 2 heterocycles. The standard InChI is InChI=1S/C17H17N3O2/c1-22-15-4-2-3-12(10-15)9-14-6-5-13(17(21)20-14)11-16-18-7-8-19-16/h2-8,10H,9,11H2,1H3,(H2,18,19,20,21)/p-1. The number of hydrogen-bond acceptors (Lipinski definition) is 3. The lowest BCUT2D eigenvalue weighted by Crippen LogP contribution is -2.15. The summed E-state index contributed by atoms with van der Waals surface area (Å²) < 4.78 is 5.21. The number of aromatic amines is 1. The van der Waals surface area contributed by atoms with Crippen molar-refractivity contribution < 1.29 is 4.74 Å². The van der Waals surface area contributed by atoms with Crippen LogP contribution in [0.2, 0.25) is 0 Å². The van der Waals surface area contributed by atoms with Gasteiger partial charge in [0.15, 0.2) is 0 Å². The Labute approximate surface area is 128 Å². The zero-order chi connectivity index (χ0) is 15.4. The van der Waals surface area contributed by atoms with Crippen LogP contribution in [-0.2, 0) is 12.8 Å². The molecule has 3 rings (SSSR count). The van der Waals surface area contributed by atoms with E-state index in [2.05, 4.69) is 15.0 Å². The summed E-state index contributed by atoms with van der Waals surface area (Å²) in [6, 6.07) is 11.6. The molecule has 1 aromatic carbocycles. The Balaban J connectivity index is 1.78.